The molecule has 0 aliphatic heterocycles. The minimum Gasteiger partial charge on any atom is -0.267 e. The number of benzene rings is 1. The van der Waals surface area contributed by atoms with Crippen LogP contribution in [0.5, 0.6) is 0 Å². The summed E-state index contributed by atoms with van der Waals surface area (Å²) in [6.07, 6.45) is 2.05. The van der Waals surface area contributed by atoms with Crippen LogP contribution >= 0.6 is 15.9 Å². The highest BCUT2D eigenvalue weighted by atomic mass is 79.9. The molecule has 3 rings (SSSR count). The molecule has 2 aromatic rings. The summed E-state index contributed by atoms with van der Waals surface area (Å²) in [6, 6.07) is 3.37. The molecule has 5 heteroatoms. The average Bonchev–Trinajstić information content (AvgIpc) is 3.07. The third kappa shape index (κ3) is 1.38. The summed E-state index contributed by atoms with van der Waals surface area (Å²) in [5, 5.41) is 6.66. The minimum atomic E-state index is -0.362. The molecule has 1 aromatic heterocycles. The van der Waals surface area contributed by atoms with Gasteiger partial charge in [-0.3, -0.25) is 4.79 Å². The van der Waals surface area contributed by atoms with Crippen LogP contribution in [0, 0.1) is 5.82 Å². The van der Waals surface area contributed by atoms with Crippen LogP contribution in [0.25, 0.3) is 10.8 Å². The maximum atomic E-state index is 14.2. The van der Waals surface area contributed by atoms with Gasteiger partial charge in [0.2, 0.25) is 0 Å². The van der Waals surface area contributed by atoms with E-state index in [-0.39, 0.29) is 16.8 Å². The van der Waals surface area contributed by atoms with Gasteiger partial charge >= 0.3 is 0 Å². The highest BCUT2D eigenvalue weighted by Crippen LogP contribution is 2.42. The molecule has 1 saturated carbocycles. The average molecular weight is 283 g/mol. The summed E-state index contributed by atoms with van der Waals surface area (Å²) in [4.78, 5) is 11.5. The Hall–Kier alpha value is -1.23. The van der Waals surface area contributed by atoms with Gasteiger partial charge in [-0.2, -0.15) is 5.10 Å². The fourth-order valence-corrected chi connectivity index (χ4v) is 2.38. The molecule has 1 N–H and O–H groups in total. The number of rotatable bonds is 1. The SMILES string of the molecule is O=c1[nH]nc(Br)c2c(F)c(C3CC3)ccc12. The number of hydrogen-bond acceptors (Lipinski definition) is 2. The second-order valence-electron chi connectivity index (χ2n) is 4.01. The predicted molar refractivity (Wildman–Crippen MR) is 62.0 cm³/mol. The molecule has 0 atom stereocenters. The van der Waals surface area contributed by atoms with E-state index >= 15 is 0 Å². The first-order valence-electron chi connectivity index (χ1n) is 5.05. The molecule has 1 heterocycles. The van der Waals surface area contributed by atoms with Crippen LogP contribution in [-0.2, 0) is 0 Å². The standard InChI is InChI=1S/C11H8BrFN2O/c12-10-8-7(11(16)15-14-10)4-3-6(9(8)13)5-1-2-5/h3-5H,1-2H2,(H,15,16). The number of nitrogens with zero attached hydrogens (tertiary/aromatic N) is 1. The third-order valence-electron chi connectivity index (χ3n) is 2.90. The van der Waals surface area contributed by atoms with Crippen LogP contribution in [0.1, 0.15) is 24.3 Å². The zero-order chi connectivity index (χ0) is 11.3. The van der Waals surface area contributed by atoms with Crippen molar-refractivity contribution in [3.63, 3.8) is 0 Å². The summed E-state index contributed by atoms with van der Waals surface area (Å²) in [7, 11) is 0. The van der Waals surface area contributed by atoms with Gasteiger partial charge in [-0.1, -0.05) is 6.07 Å². The summed E-state index contributed by atoms with van der Waals surface area (Å²) in [5.74, 6) is 0.000984. The number of nitrogens with one attached hydrogen (secondary N) is 1. The van der Waals surface area contributed by atoms with E-state index in [4.69, 9.17) is 0 Å². The first kappa shape index (κ1) is 9.96. The fraction of sp³-hybridized carbons (Fsp3) is 0.273. The number of H-pyrrole nitrogens is 1. The first-order valence-corrected chi connectivity index (χ1v) is 5.84. The summed E-state index contributed by atoms with van der Waals surface area (Å²) in [5.41, 5.74) is 0.333. The van der Waals surface area contributed by atoms with Gasteiger partial charge in [0.15, 0.2) is 0 Å². The van der Waals surface area contributed by atoms with Crippen LogP contribution in [-0.4, -0.2) is 10.2 Å². The minimum absolute atomic E-state index is 0.285. The molecule has 1 aromatic carbocycles. The van der Waals surface area contributed by atoms with Crippen molar-refractivity contribution in [1.29, 1.82) is 0 Å². The fourth-order valence-electron chi connectivity index (χ4n) is 1.91. The summed E-state index contributed by atoms with van der Waals surface area (Å²) >= 11 is 3.16. The quantitative estimate of drug-likeness (QED) is 0.874. The van der Waals surface area contributed by atoms with E-state index in [1.54, 1.807) is 12.1 Å². The van der Waals surface area contributed by atoms with Gasteiger partial charge in [-0.15, -0.1) is 0 Å². The van der Waals surface area contributed by atoms with Crippen molar-refractivity contribution >= 4 is 26.7 Å². The van der Waals surface area contributed by atoms with E-state index in [0.717, 1.165) is 12.8 Å². The second-order valence-corrected chi connectivity index (χ2v) is 4.76. The molecule has 0 unspecified atom stereocenters. The van der Waals surface area contributed by atoms with Crippen LogP contribution in [0.2, 0.25) is 0 Å². The molecule has 1 fully saturated rings. The zero-order valence-electron chi connectivity index (χ0n) is 8.26. The highest BCUT2D eigenvalue weighted by Gasteiger charge is 2.28. The van der Waals surface area contributed by atoms with Crippen LogP contribution in [0.15, 0.2) is 21.5 Å². The Morgan fingerprint density at radius 3 is 2.88 bits per heavy atom. The largest absolute Gasteiger partial charge is 0.272 e. The normalized spacial score (nSPS) is 15.6. The molecule has 0 radical (unpaired) electrons. The van der Waals surface area contributed by atoms with Crippen molar-refractivity contribution in [2.45, 2.75) is 18.8 Å². The van der Waals surface area contributed by atoms with E-state index < -0.39 is 0 Å². The summed E-state index contributed by atoms with van der Waals surface area (Å²) < 4.78 is 14.5. The number of aromatic nitrogens is 2. The third-order valence-corrected chi connectivity index (χ3v) is 3.47. The van der Waals surface area contributed by atoms with Crippen molar-refractivity contribution in [3.8, 4) is 0 Å². The van der Waals surface area contributed by atoms with Crippen molar-refractivity contribution in [2.24, 2.45) is 0 Å². The van der Waals surface area contributed by atoms with Gasteiger partial charge < -0.3 is 0 Å². The monoisotopic (exact) mass is 282 g/mol. The molecule has 1 aliphatic rings. The van der Waals surface area contributed by atoms with E-state index in [0.29, 0.717) is 21.5 Å². The van der Waals surface area contributed by atoms with E-state index in [9.17, 15) is 9.18 Å². The lowest BCUT2D eigenvalue weighted by Gasteiger charge is -2.05. The zero-order valence-corrected chi connectivity index (χ0v) is 9.84. The molecule has 16 heavy (non-hydrogen) atoms. The number of aromatic amines is 1. The van der Waals surface area contributed by atoms with Crippen LogP contribution < -0.4 is 5.56 Å². The molecule has 0 spiro atoms. The van der Waals surface area contributed by atoms with Crippen molar-refractivity contribution in [3.05, 3.63) is 38.5 Å². The molecular formula is C11H8BrFN2O. The van der Waals surface area contributed by atoms with E-state index in [2.05, 4.69) is 26.1 Å². The molecule has 0 bridgehead atoms. The Kier molecular flexibility index (Phi) is 2.10. The van der Waals surface area contributed by atoms with Gasteiger partial charge in [-0.25, -0.2) is 9.49 Å². The Morgan fingerprint density at radius 2 is 2.19 bits per heavy atom. The van der Waals surface area contributed by atoms with E-state index in [1.807, 2.05) is 0 Å². The predicted octanol–water partition coefficient (Wildman–Crippen LogP) is 2.70. The van der Waals surface area contributed by atoms with Crippen LogP contribution in [0.4, 0.5) is 4.39 Å². The van der Waals surface area contributed by atoms with E-state index in [1.165, 1.54) is 0 Å². The van der Waals surface area contributed by atoms with Crippen molar-refractivity contribution in [1.82, 2.24) is 10.2 Å². The number of fused-ring (bicyclic) bond motifs is 1. The van der Waals surface area contributed by atoms with Gasteiger partial charge in [0.25, 0.3) is 5.56 Å². The molecule has 82 valence electrons. The van der Waals surface area contributed by atoms with Crippen molar-refractivity contribution in [2.75, 3.05) is 0 Å². The van der Waals surface area contributed by atoms with Crippen LogP contribution in [0.3, 0.4) is 0 Å². The summed E-state index contributed by atoms with van der Waals surface area (Å²) in [6.45, 7) is 0. The first-order chi connectivity index (χ1) is 7.68. The van der Waals surface area contributed by atoms with Crippen molar-refractivity contribution < 1.29 is 4.39 Å². The topological polar surface area (TPSA) is 45.8 Å². The van der Waals surface area contributed by atoms with Gasteiger partial charge in [-0.05, 0) is 46.3 Å². The maximum absolute atomic E-state index is 14.2. The molecule has 1 aliphatic carbocycles. The number of hydrogen-bond donors (Lipinski definition) is 1. The molecule has 0 saturated heterocycles. The van der Waals surface area contributed by atoms with Gasteiger partial charge in [0.1, 0.15) is 10.4 Å². The molecular weight excluding hydrogens is 275 g/mol. The second kappa shape index (κ2) is 3.38. The lowest BCUT2D eigenvalue weighted by atomic mass is 10.1. The Labute approximate surface area is 98.8 Å². The molecule has 0 amide bonds. The Bertz CT molecular complexity index is 634. The number of halogens is 2. The molecule has 3 nitrogen and oxygen atoms in total. The highest BCUT2D eigenvalue weighted by molar-refractivity contribution is 9.10. The van der Waals surface area contributed by atoms with Gasteiger partial charge in [0, 0.05) is 0 Å². The maximum Gasteiger partial charge on any atom is 0.272 e. The Balaban J connectivity index is 2.42. The lowest BCUT2D eigenvalue weighted by molar-refractivity contribution is 0.621. The van der Waals surface area contributed by atoms with Gasteiger partial charge in [0.05, 0.1) is 10.8 Å². The Morgan fingerprint density at radius 1 is 1.44 bits per heavy atom. The lowest BCUT2D eigenvalue weighted by Crippen LogP contribution is -2.10. The smallest absolute Gasteiger partial charge is 0.267 e.